The molecule has 0 spiro atoms. The fourth-order valence-corrected chi connectivity index (χ4v) is 3.27. The molecule has 0 radical (unpaired) electrons. The standard InChI is InChI=1S/C17H27NO/c1-3-18-16(13-12-14-8-4-5-9-14)15-10-6-7-11-17(15)19-2/h6-7,10-11,14,16,18H,3-5,8-9,12-13H2,1-2H3. The summed E-state index contributed by atoms with van der Waals surface area (Å²) in [5.74, 6) is 1.97. The molecule has 2 heteroatoms. The summed E-state index contributed by atoms with van der Waals surface area (Å²) in [7, 11) is 1.76. The van der Waals surface area contributed by atoms with Crippen molar-refractivity contribution in [2.24, 2.45) is 5.92 Å². The average molecular weight is 261 g/mol. The van der Waals surface area contributed by atoms with Crippen molar-refractivity contribution in [3.8, 4) is 5.75 Å². The maximum Gasteiger partial charge on any atom is 0.123 e. The van der Waals surface area contributed by atoms with Crippen LogP contribution in [0.3, 0.4) is 0 Å². The van der Waals surface area contributed by atoms with Crippen LogP contribution in [0.5, 0.6) is 5.75 Å². The molecule has 1 N–H and O–H groups in total. The highest BCUT2D eigenvalue weighted by Crippen LogP contribution is 2.33. The van der Waals surface area contributed by atoms with Crippen molar-refractivity contribution in [2.75, 3.05) is 13.7 Å². The number of hydrogen-bond donors (Lipinski definition) is 1. The second kappa shape index (κ2) is 7.54. The lowest BCUT2D eigenvalue weighted by atomic mass is 9.94. The largest absolute Gasteiger partial charge is 0.496 e. The quantitative estimate of drug-likeness (QED) is 0.789. The monoisotopic (exact) mass is 261 g/mol. The van der Waals surface area contributed by atoms with Gasteiger partial charge in [-0.3, -0.25) is 0 Å². The lowest BCUT2D eigenvalue weighted by Crippen LogP contribution is -2.22. The summed E-state index contributed by atoms with van der Waals surface area (Å²) in [6, 6.07) is 8.84. The van der Waals surface area contributed by atoms with Gasteiger partial charge in [-0.05, 0) is 31.4 Å². The molecule has 1 unspecified atom stereocenters. The lowest BCUT2D eigenvalue weighted by Gasteiger charge is -2.22. The Bertz CT molecular complexity index is 371. The Morgan fingerprint density at radius 1 is 1.26 bits per heavy atom. The summed E-state index contributed by atoms with van der Waals surface area (Å²) in [6.07, 6.45) is 8.31. The Morgan fingerprint density at radius 2 is 2.00 bits per heavy atom. The minimum Gasteiger partial charge on any atom is -0.496 e. The number of benzene rings is 1. The van der Waals surface area contributed by atoms with Gasteiger partial charge in [-0.15, -0.1) is 0 Å². The predicted molar refractivity (Wildman–Crippen MR) is 80.6 cm³/mol. The van der Waals surface area contributed by atoms with Gasteiger partial charge in [-0.2, -0.15) is 0 Å². The zero-order valence-electron chi connectivity index (χ0n) is 12.3. The molecule has 1 aliphatic carbocycles. The molecule has 1 saturated carbocycles. The summed E-state index contributed by atoms with van der Waals surface area (Å²) >= 11 is 0. The number of ether oxygens (including phenoxy) is 1. The molecule has 2 nitrogen and oxygen atoms in total. The number of nitrogens with one attached hydrogen (secondary N) is 1. The third-order valence-corrected chi connectivity index (χ3v) is 4.30. The Labute approximate surface area is 117 Å². The average Bonchev–Trinajstić information content (AvgIpc) is 2.96. The molecule has 0 aliphatic heterocycles. The van der Waals surface area contributed by atoms with E-state index in [0.29, 0.717) is 6.04 Å². The molecule has 0 amide bonds. The van der Waals surface area contributed by atoms with E-state index in [9.17, 15) is 0 Å². The Balaban J connectivity index is 2.01. The van der Waals surface area contributed by atoms with Gasteiger partial charge in [-0.1, -0.05) is 50.8 Å². The summed E-state index contributed by atoms with van der Waals surface area (Å²) in [5, 5.41) is 3.62. The molecular weight excluding hydrogens is 234 g/mol. The molecule has 0 aromatic heterocycles. The molecule has 1 atom stereocenters. The van der Waals surface area contributed by atoms with Crippen LogP contribution in [0.2, 0.25) is 0 Å². The Kier molecular flexibility index (Phi) is 5.71. The van der Waals surface area contributed by atoms with Crippen LogP contribution < -0.4 is 10.1 Å². The number of hydrogen-bond acceptors (Lipinski definition) is 2. The van der Waals surface area contributed by atoms with Gasteiger partial charge in [0.25, 0.3) is 0 Å². The minimum atomic E-state index is 0.432. The van der Waals surface area contributed by atoms with E-state index in [1.165, 1.54) is 44.1 Å². The molecule has 0 bridgehead atoms. The molecule has 1 aromatic carbocycles. The van der Waals surface area contributed by atoms with E-state index < -0.39 is 0 Å². The van der Waals surface area contributed by atoms with Crippen molar-refractivity contribution in [2.45, 2.75) is 51.5 Å². The van der Waals surface area contributed by atoms with E-state index in [4.69, 9.17) is 4.74 Å². The first-order valence-corrected chi connectivity index (χ1v) is 7.71. The number of methoxy groups -OCH3 is 1. The van der Waals surface area contributed by atoms with E-state index in [2.05, 4.69) is 30.4 Å². The zero-order valence-corrected chi connectivity index (χ0v) is 12.3. The van der Waals surface area contributed by atoms with Gasteiger partial charge in [-0.25, -0.2) is 0 Å². The molecule has 0 heterocycles. The van der Waals surface area contributed by atoms with Crippen molar-refractivity contribution >= 4 is 0 Å². The van der Waals surface area contributed by atoms with E-state index in [1.807, 2.05) is 6.07 Å². The second-order valence-electron chi connectivity index (χ2n) is 5.58. The topological polar surface area (TPSA) is 21.3 Å². The smallest absolute Gasteiger partial charge is 0.123 e. The van der Waals surface area contributed by atoms with Crippen LogP contribution in [0.1, 0.15) is 57.1 Å². The summed E-state index contributed by atoms with van der Waals surface area (Å²) in [4.78, 5) is 0. The highest BCUT2D eigenvalue weighted by atomic mass is 16.5. The van der Waals surface area contributed by atoms with Gasteiger partial charge in [0.1, 0.15) is 5.75 Å². The van der Waals surface area contributed by atoms with Crippen LogP contribution >= 0.6 is 0 Å². The molecule has 1 aromatic rings. The van der Waals surface area contributed by atoms with Gasteiger partial charge in [0.2, 0.25) is 0 Å². The predicted octanol–water partition coefficient (Wildman–Crippen LogP) is 4.32. The molecular formula is C17H27NO. The third-order valence-electron chi connectivity index (χ3n) is 4.30. The van der Waals surface area contributed by atoms with Crippen LogP contribution in [0, 0.1) is 5.92 Å². The van der Waals surface area contributed by atoms with Gasteiger partial charge in [0.05, 0.1) is 7.11 Å². The first-order valence-electron chi connectivity index (χ1n) is 7.71. The van der Waals surface area contributed by atoms with Crippen LogP contribution in [0.4, 0.5) is 0 Å². The van der Waals surface area contributed by atoms with Crippen molar-refractivity contribution in [3.05, 3.63) is 29.8 Å². The summed E-state index contributed by atoms with van der Waals surface area (Å²) in [6.45, 7) is 3.19. The highest BCUT2D eigenvalue weighted by molar-refractivity contribution is 5.35. The van der Waals surface area contributed by atoms with Gasteiger partial charge >= 0.3 is 0 Å². The summed E-state index contributed by atoms with van der Waals surface area (Å²) in [5.41, 5.74) is 1.31. The van der Waals surface area contributed by atoms with Crippen molar-refractivity contribution in [1.82, 2.24) is 5.32 Å². The van der Waals surface area contributed by atoms with Crippen molar-refractivity contribution < 1.29 is 4.74 Å². The van der Waals surface area contributed by atoms with Gasteiger partial charge in [0.15, 0.2) is 0 Å². The molecule has 106 valence electrons. The molecule has 19 heavy (non-hydrogen) atoms. The van der Waals surface area contributed by atoms with Gasteiger partial charge < -0.3 is 10.1 Å². The van der Waals surface area contributed by atoms with E-state index >= 15 is 0 Å². The van der Waals surface area contributed by atoms with E-state index in [-0.39, 0.29) is 0 Å². The Morgan fingerprint density at radius 3 is 2.68 bits per heavy atom. The first-order chi connectivity index (χ1) is 9.35. The number of para-hydroxylation sites is 1. The molecule has 1 aliphatic rings. The van der Waals surface area contributed by atoms with Crippen LogP contribution in [-0.2, 0) is 0 Å². The molecule has 2 rings (SSSR count). The van der Waals surface area contributed by atoms with Crippen LogP contribution in [0.25, 0.3) is 0 Å². The lowest BCUT2D eigenvalue weighted by molar-refractivity contribution is 0.381. The highest BCUT2D eigenvalue weighted by Gasteiger charge is 2.19. The molecule has 1 fully saturated rings. The zero-order chi connectivity index (χ0) is 13.5. The maximum atomic E-state index is 5.50. The van der Waals surface area contributed by atoms with E-state index in [1.54, 1.807) is 7.11 Å². The van der Waals surface area contributed by atoms with Crippen molar-refractivity contribution in [1.29, 1.82) is 0 Å². The Hall–Kier alpha value is -1.02. The normalized spacial score (nSPS) is 17.6. The first kappa shape index (κ1) is 14.4. The second-order valence-corrected chi connectivity index (χ2v) is 5.58. The maximum absolute atomic E-state index is 5.50. The summed E-state index contributed by atoms with van der Waals surface area (Å²) < 4.78 is 5.50. The SMILES string of the molecule is CCNC(CCC1CCCC1)c1ccccc1OC. The third kappa shape index (κ3) is 3.97. The number of rotatable bonds is 7. The minimum absolute atomic E-state index is 0.432. The fourth-order valence-electron chi connectivity index (χ4n) is 3.27. The van der Waals surface area contributed by atoms with Crippen molar-refractivity contribution in [3.63, 3.8) is 0 Å². The molecule has 0 saturated heterocycles. The fraction of sp³-hybridized carbons (Fsp3) is 0.647. The van der Waals surface area contributed by atoms with Crippen LogP contribution in [0.15, 0.2) is 24.3 Å². The van der Waals surface area contributed by atoms with Gasteiger partial charge in [0, 0.05) is 11.6 Å². The van der Waals surface area contributed by atoms with E-state index in [0.717, 1.165) is 18.2 Å². The van der Waals surface area contributed by atoms with Crippen LogP contribution in [-0.4, -0.2) is 13.7 Å².